The van der Waals surface area contributed by atoms with Gasteiger partial charge >= 0.3 is 0 Å². The number of aromatic nitrogens is 2. The van der Waals surface area contributed by atoms with E-state index in [-0.39, 0.29) is 17.3 Å². The number of nitrogens with zero attached hydrogens (tertiary/aromatic N) is 4. The zero-order chi connectivity index (χ0) is 22.0. The highest BCUT2D eigenvalue weighted by Crippen LogP contribution is 2.24. The van der Waals surface area contributed by atoms with Crippen LogP contribution in [0.5, 0.6) is 0 Å². The Hall–Kier alpha value is -2.58. The molecule has 2 N–H and O–H groups in total. The summed E-state index contributed by atoms with van der Waals surface area (Å²) in [7, 11) is 0. The molecule has 2 aromatic rings. The first kappa shape index (κ1) is 21.6. The molecule has 1 unspecified atom stereocenters. The van der Waals surface area contributed by atoms with Crippen molar-refractivity contribution in [2.24, 2.45) is 11.1 Å². The molecule has 4 rings (SSSR count). The smallest absolute Gasteiger partial charge is 0.257 e. The number of oxime groups is 1. The van der Waals surface area contributed by atoms with Crippen molar-refractivity contribution in [3.05, 3.63) is 63.1 Å². The predicted molar refractivity (Wildman–Crippen MR) is 115 cm³/mol. The number of aryl methyl sites for hydroxylation is 1. The van der Waals surface area contributed by atoms with Gasteiger partial charge in [-0.1, -0.05) is 17.3 Å². The Balaban J connectivity index is 1.38. The molecule has 3 heterocycles. The second kappa shape index (κ2) is 9.28. The Morgan fingerprint density at radius 1 is 1.19 bits per heavy atom. The topological polar surface area (TPSA) is 91.0 Å². The Morgan fingerprint density at radius 3 is 2.58 bits per heavy atom. The standard InChI is InChI=1S/C23H29FN4O3/c1-15-19(23(30)28-11-2-3-20(29)22(28)25-15)10-14-27-12-8-17(9-13-27)21(26-31)16-4-6-18(24)7-5-16/h4-7,17,20,29,31H,2-3,8-14H2,1H3/b26-21+. The first-order valence-corrected chi connectivity index (χ1v) is 11.0. The van der Waals surface area contributed by atoms with E-state index < -0.39 is 6.10 Å². The van der Waals surface area contributed by atoms with Crippen molar-refractivity contribution in [1.82, 2.24) is 14.5 Å². The van der Waals surface area contributed by atoms with Crippen molar-refractivity contribution in [2.45, 2.75) is 51.7 Å². The maximum absolute atomic E-state index is 13.2. The summed E-state index contributed by atoms with van der Waals surface area (Å²) in [6.45, 7) is 4.89. The molecule has 0 radical (unpaired) electrons. The molecule has 1 aromatic heterocycles. The number of rotatable bonds is 5. The Bertz CT molecular complexity index is 1010. The van der Waals surface area contributed by atoms with E-state index in [0.717, 1.165) is 50.0 Å². The average Bonchev–Trinajstić information content (AvgIpc) is 2.77. The molecule has 1 aromatic carbocycles. The van der Waals surface area contributed by atoms with Gasteiger partial charge in [0.2, 0.25) is 0 Å². The van der Waals surface area contributed by atoms with Gasteiger partial charge in [-0.15, -0.1) is 0 Å². The summed E-state index contributed by atoms with van der Waals surface area (Å²) < 4.78 is 14.8. The van der Waals surface area contributed by atoms with E-state index in [4.69, 9.17) is 0 Å². The summed E-state index contributed by atoms with van der Waals surface area (Å²) in [5, 5.41) is 23.2. The van der Waals surface area contributed by atoms with Crippen LogP contribution in [0.25, 0.3) is 0 Å². The predicted octanol–water partition coefficient (Wildman–Crippen LogP) is 2.65. The quantitative estimate of drug-likeness (QED) is 0.434. The number of likely N-dealkylation sites (tertiary alicyclic amines) is 1. The highest BCUT2D eigenvalue weighted by atomic mass is 19.1. The molecule has 1 atom stereocenters. The van der Waals surface area contributed by atoms with Gasteiger partial charge in [-0.25, -0.2) is 9.37 Å². The summed E-state index contributed by atoms with van der Waals surface area (Å²) in [5.41, 5.74) is 2.75. The molecule has 31 heavy (non-hydrogen) atoms. The van der Waals surface area contributed by atoms with Gasteiger partial charge in [0.05, 0.1) is 5.71 Å². The van der Waals surface area contributed by atoms with Crippen LogP contribution >= 0.6 is 0 Å². The van der Waals surface area contributed by atoms with Gasteiger partial charge in [-0.3, -0.25) is 9.36 Å². The Morgan fingerprint density at radius 2 is 1.90 bits per heavy atom. The number of benzene rings is 1. The molecule has 7 nitrogen and oxygen atoms in total. The fraction of sp³-hybridized carbons (Fsp3) is 0.522. The molecule has 1 fully saturated rings. The monoisotopic (exact) mass is 428 g/mol. The van der Waals surface area contributed by atoms with Crippen molar-refractivity contribution in [3.8, 4) is 0 Å². The highest BCUT2D eigenvalue weighted by Gasteiger charge is 2.26. The lowest BCUT2D eigenvalue weighted by molar-refractivity contribution is 0.129. The van der Waals surface area contributed by atoms with Crippen LogP contribution in [0.3, 0.4) is 0 Å². The van der Waals surface area contributed by atoms with Crippen molar-refractivity contribution in [1.29, 1.82) is 0 Å². The fourth-order valence-corrected chi connectivity index (χ4v) is 4.75. The summed E-state index contributed by atoms with van der Waals surface area (Å²) in [6.07, 6.45) is 3.08. The third kappa shape index (κ3) is 4.55. The summed E-state index contributed by atoms with van der Waals surface area (Å²) in [4.78, 5) is 19.8. The van der Waals surface area contributed by atoms with Crippen molar-refractivity contribution >= 4 is 5.71 Å². The SMILES string of the molecule is Cc1nc2n(c(=O)c1CCN1CCC(/C(=N/O)c3ccc(F)cc3)CC1)CCCC2O. The van der Waals surface area contributed by atoms with E-state index in [1.165, 1.54) is 12.1 Å². The molecular weight excluding hydrogens is 399 g/mol. The van der Waals surface area contributed by atoms with E-state index in [1.807, 2.05) is 6.92 Å². The number of fused-ring (bicyclic) bond motifs is 1. The van der Waals surface area contributed by atoms with Crippen LogP contribution in [0.15, 0.2) is 34.2 Å². The van der Waals surface area contributed by atoms with Crippen LogP contribution in [0.2, 0.25) is 0 Å². The molecule has 166 valence electrons. The van der Waals surface area contributed by atoms with Gasteiger partial charge < -0.3 is 15.2 Å². The summed E-state index contributed by atoms with van der Waals surface area (Å²) >= 11 is 0. The summed E-state index contributed by atoms with van der Waals surface area (Å²) in [5.74, 6) is 0.300. The molecule has 0 spiro atoms. The second-order valence-electron chi connectivity index (χ2n) is 8.51. The number of piperidine rings is 1. The largest absolute Gasteiger partial charge is 0.411 e. The van der Waals surface area contributed by atoms with Gasteiger partial charge in [-0.2, -0.15) is 0 Å². The van der Waals surface area contributed by atoms with Gasteiger partial charge in [0.15, 0.2) is 0 Å². The third-order valence-corrected chi connectivity index (χ3v) is 6.56. The van der Waals surface area contributed by atoms with Crippen LogP contribution < -0.4 is 5.56 Å². The van der Waals surface area contributed by atoms with Crippen molar-refractivity contribution in [3.63, 3.8) is 0 Å². The van der Waals surface area contributed by atoms with Crippen LogP contribution in [0.4, 0.5) is 4.39 Å². The lowest BCUT2D eigenvalue weighted by atomic mass is 9.88. The normalized spacial score (nSPS) is 20.6. The lowest BCUT2D eigenvalue weighted by Crippen LogP contribution is -2.39. The minimum Gasteiger partial charge on any atom is -0.411 e. The molecule has 2 aliphatic rings. The van der Waals surface area contributed by atoms with Crippen LogP contribution in [-0.2, 0) is 13.0 Å². The fourth-order valence-electron chi connectivity index (χ4n) is 4.75. The van der Waals surface area contributed by atoms with E-state index in [0.29, 0.717) is 36.6 Å². The van der Waals surface area contributed by atoms with E-state index in [1.54, 1.807) is 16.7 Å². The van der Waals surface area contributed by atoms with Gasteiger partial charge in [0.25, 0.3) is 5.56 Å². The minimum absolute atomic E-state index is 0.0258. The van der Waals surface area contributed by atoms with Crippen LogP contribution in [0, 0.1) is 18.7 Å². The second-order valence-corrected chi connectivity index (χ2v) is 8.51. The molecule has 0 saturated carbocycles. The van der Waals surface area contributed by atoms with E-state index in [9.17, 15) is 19.5 Å². The first-order chi connectivity index (χ1) is 15.0. The van der Waals surface area contributed by atoms with E-state index >= 15 is 0 Å². The molecule has 0 bridgehead atoms. The van der Waals surface area contributed by atoms with Gasteiger partial charge in [0, 0.05) is 30.3 Å². The van der Waals surface area contributed by atoms with Crippen molar-refractivity contribution in [2.75, 3.05) is 19.6 Å². The molecular formula is C23H29FN4O3. The number of hydrogen-bond acceptors (Lipinski definition) is 6. The number of aliphatic hydroxyl groups excluding tert-OH is 1. The molecule has 8 heteroatoms. The maximum Gasteiger partial charge on any atom is 0.257 e. The summed E-state index contributed by atoms with van der Waals surface area (Å²) in [6, 6.07) is 6.05. The minimum atomic E-state index is -0.656. The molecule has 0 aliphatic carbocycles. The first-order valence-electron chi connectivity index (χ1n) is 11.0. The lowest BCUT2D eigenvalue weighted by Gasteiger charge is -2.32. The third-order valence-electron chi connectivity index (χ3n) is 6.56. The zero-order valence-electron chi connectivity index (χ0n) is 17.8. The van der Waals surface area contributed by atoms with Crippen LogP contribution in [0.1, 0.15) is 54.4 Å². The molecule has 1 saturated heterocycles. The Kier molecular flexibility index (Phi) is 6.48. The molecule has 0 amide bonds. The zero-order valence-corrected chi connectivity index (χ0v) is 17.8. The van der Waals surface area contributed by atoms with Gasteiger partial charge in [-0.05, 0) is 69.8 Å². The number of hydrogen-bond donors (Lipinski definition) is 2. The molecule has 2 aliphatic heterocycles. The number of aliphatic hydroxyl groups is 1. The average molecular weight is 429 g/mol. The maximum atomic E-state index is 13.2. The van der Waals surface area contributed by atoms with Gasteiger partial charge in [0.1, 0.15) is 17.7 Å². The highest BCUT2D eigenvalue weighted by molar-refractivity contribution is 6.01. The Labute approximate surface area is 180 Å². The van der Waals surface area contributed by atoms with E-state index in [2.05, 4.69) is 15.0 Å². The number of halogens is 1. The van der Waals surface area contributed by atoms with Crippen LogP contribution in [-0.4, -0.2) is 50.1 Å². The van der Waals surface area contributed by atoms with Crippen molar-refractivity contribution < 1.29 is 14.7 Å².